The van der Waals surface area contributed by atoms with Gasteiger partial charge in [-0.05, 0) is 43.9 Å². The summed E-state index contributed by atoms with van der Waals surface area (Å²) in [6.07, 6.45) is 1.77. The van der Waals surface area contributed by atoms with E-state index in [4.69, 9.17) is 5.73 Å². The average molecular weight is 248 g/mol. The van der Waals surface area contributed by atoms with Gasteiger partial charge in [0, 0.05) is 11.3 Å². The summed E-state index contributed by atoms with van der Waals surface area (Å²) < 4.78 is 13.7. The molecule has 0 spiro atoms. The summed E-state index contributed by atoms with van der Waals surface area (Å²) in [7, 11) is 0. The fraction of sp³-hybridized carbons (Fsp3) is 0.400. The maximum atomic E-state index is 13.7. The lowest BCUT2D eigenvalue weighted by Crippen LogP contribution is -2.10. The Morgan fingerprint density at radius 3 is 2.39 bits per heavy atom. The van der Waals surface area contributed by atoms with Crippen LogP contribution in [-0.4, -0.2) is 5.84 Å². The van der Waals surface area contributed by atoms with Gasteiger partial charge in [-0.3, -0.25) is 0 Å². The van der Waals surface area contributed by atoms with Gasteiger partial charge in [-0.1, -0.05) is 26.0 Å². The van der Waals surface area contributed by atoms with Crippen LogP contribution in [0.3, 0.4) is 0 Å². The summed E-state index contributed by atoms with van der Waals surface area (Å²) in [5, 5.41) is 0. The highest BCUT2D eigenvalue weighted by Gasteiger charge is 2.20. The van der Waals surface area contributed by atoms with E-state index in [0.717, 1.165) is 29.7 Å². The quantitative estimate of drug-likeness (QED) is 0.622. The lowest BCUT2D eigenvalue weighted by Gasteiger charge is -2.21. The predicted molar refractivity (Wildman–Crippen MR) is 75.9 cm³/mol. The number of rotatable bonds is 2. The molecular weight excluding hydrogens is 227 g/mol. The van der Waals surface area contributed by atoms with Gasteiger partial charge in [0.05, 0.1) is 5.84 Å². The number of halogens is 1. The first-order chi connectivity index (χ1) is 8.58. The second kappa shape index (κ2) is 6.34. The molecule has 2 nitrogen and oxygen atoms in total. The molecule has 1 aliphatic carbocycles. The molecule has 0 unspecified atom stereocenters. The Morgan fingerprint density at radius 2 is 1.94 bits per heavy atom. The van der Waals surface area contributed by atoms with E-state index < -0.39 is 0 Å². The Morgan fingerprint density at radius 1 is 1.28 bits per heavy atom. The number of allylic oxidation sites excluding steroid dienone is 2. The zero-order valence-corrected chi connectivity index (χ0v) is 11.5. The van der Waals surface area contributed by atoms with Crippen LogP contribution in [-0.2, 0) is 0 Å². The zero-order valence-electron chi connectivity index (χ0n) is 11.5. The van der Waals surface area contributed by atoms with Crippen molar-refractivity contribution < 1.29 is 4.39 Å². The molecule has 2 N–H and O–H groups in total. The summed E-state index contributed by atoms with van der Waals surface area (Å²) in [6, 6.07) is 5.29. The second-order valence-corrected chi connectivity index (χ2v) is 4.16. The van der Waals surface area contributed by atoms with Gasteiger partial charge in [0.1, 0.15) is 5.82 Å². The summed E-state index contributed by atoms with van der Waals surface area (Å²) in [5.74, 6) is 0.358. The lowest BCUT2D eigenvalue weighted by atomic mass is 9.88. The SMILES string of the molecule is CC.CC(N)=NC1=C(c2ccc(C)cc2F)CC1. The van der Waals surface area contributed by atoms with Crippen molar-refractivity contribution in [2.45, 2.75) is 40.5 Å². The monoisotopic (exact) mass is 248 g/mol. The van der Waals surface area contributed by atoms with Gasteiger partial charge in [0.2, 0.25) is 0 Å². The van der Waals surface area contributed by atoms with Crippen LogP contribution >= 0.6 is 0 Å². The van der Waals surface area contributed by atoms with Crippen molar-refractivity contribution in [3.05, 3.63) is 40.8 Å². The van der Waals surface area contributed by atoms with Crippen LogP contribution < -0.4 is 5.73 Å². The van der Waals surface area contributed by atoms with Gasteiger partial charge in [-0.15, -0.1) is 0 Å². The van der Waals surface area contributed by atoms with Gasteiger partial charge < -0.3 is 5.73 Å². The van der Waals surface area contributed by atoms with Crippen molar-refractivity contribution >= 4 is 11.4 Å². The number of aliphatic imine (C=N–C) groups is 1. The van der Waals surface area contributed by atoms with E-state index in [1.807, 2.05) is 32.9 Å². The molecule has 0 fully saturated rings. The highest BCUT2D eigenvalue weighted by molar-refractivity contribution is 5.82. The summed E-state index contributed by atoms with van der Waals surface area (Å²) in [5.41, 5.74) is 9.03. The fourth-order valence-corrected chi connectivity index (χ4v) is 1.85. The van der Waals surface area contributed by atoms with E-state index in [2.05, 4.69) is 4.99 Å². The van der Waals surface area contributed by atoms with E-state index in [0.29, 0.717) is 11.4 Å². The van der Waals surface area contributed by atoms with E-state index in [-0.39, 0.29) is 5.82 Å². The summed E-state index contributed by atoms with van der Waals surface area (Å²) >= 11 is 0. The van der Waals surface area contributed by atoms with Crippen LogP contribution in [0.15, 0.2) is 28.9 Å². The Labute approximate surface area is 108 Å². The van der Waals surface area contributed by atoms with Crippen LogP contribution in [0.4, 0.5) is 4.39 Å². The average Bonchev–Trinajstić information content (AvgIpc) is 2.31. The first kappa shape index (κ1) is 14.4. The minimum Gasteiger partial charge on any atom is -0.387 e. The molecule has 0 aromatic heterocycles. The van der Waals surface area contributed by atoms with Crippen LogP contribution in [0.1, 0.15) is 44.7 Å². The van der Waals surface area contributed by atoms with E-state index in [9.17, 15) is 4.39 Å². The molecule has 0 saturated heterocycles. The van der Waals surface area contributed by atoms with Gasteiger partial charge in [-0.2, -0.15) is 0 Å². The van der Waals surface area contributed by atoms with Gasteiger partial charge >= 0.3 is 0 Å². The molecule has 2 rings (SSSR count). The molecule has 18 heavy (non-hydrogen) atoms. The number of nitrogens with zero attached hydrogens (tertiary/aromatic N) is 1. The lowest BCUT2D eigenvalue weighted by molar-refractivity contribution is 0.619. The molecule has 1 aromatic carbocycles. The summed E-state index contributed by atoms with van der Waals surface area (Å²) in [6.45, 7) is 7.62. The van der Waals surface area contributed by atoms with Crippen LogP contribution in [0.5, 0.6) is 0 Å². The normalized spacial score (nSPS) is 14.8. The van der Waals surface area contributed by atoms with E-state index in [1.54, 1.807) is 13.0 Å². The molecular formula is C15H21FN2. The summed E-state index contributed by atoms with van der Waals surface area (Å²) in [4.78, 5) is 4.21. The Bertz CT molecular complexity index is 483. The molecule has 98 valence electrons. The molecule has 1 aliphatic rings. The van der Waals surface area contributed by atoms with Crippen LogP contribution in [0.2, 0.25) is 0 Å². The topological polar surface area (TPSA) is 38.4 Å². The Balaban J connectivity index is 0.000000771. The Hall–Kier alpha value is -1.64. The molecule has 0 saturated carbocycles. The molecule has 1 aromatic rings. The van der Waals surface area contributed by atoms with Crippen LogP contribution in [0.25, 0.3) is 5.57 Å². The smallest absolute Gasteiger partial charge is 0.131 e. The molecule has 0 radical (unpaired) electrons. The minimum absolute atomic E-state index is 0.169. The third-order valence-corrected chi connectivity index (χ3v) is 2.72. The molecule has 0 atom stereocenters. The third-order valence-electron chi connectivity index (χ3n) is 2.72. The predicted octanol–water partition coefficient (Wildman–Crippen LogP) is 4.04. The first-order valence-corrected chi connectivity index (χ1v) is 6.37. The molecule has 0 bridgehead atoms. The van der Waals surface area contributed by atoms with Gasteiger partial charge in [0.15, 0.2) is 0 Å². The minimum atomic E-state index is -0.169. The molecule has 0 aliphatic heterocycles. The number of benzene rings is 1. The van der Waals surface area contributed by atoms with E-state index in [1.165, 1.54) is 0 Å². The second-order valence-electron chi connectivity index (χ2n) is 4.16. The molecule has 3 heteroatoms. The van der Waals surface area contributed by atoms with Crippen molar-refractivity contribution in [1.82, 2.24) is 0 Å². The van der Waals surface area contributed by atoms with Crippen molar-refractivity contribution in [1.29, 1.82) is 0 Å². The van der Waals surface area contributed by atoms with Crippen molar-refractivity contribution in [2.24, 2.45) is 10.7 Å². The maximum absolute atomic E-state index is 13.7. The van der Waals surface area contributed by atoms with Crippen molar-refractivity contribution in [3.63, 3.8) is 0 Å². The van der Waals surface area contributed by atoms with E-state index >= 15 is 0 Å². The zero-order chi connectivity index (χ0) is 13.7. The van der Waals surface area contributed by atoms with Crippen molar-refractivity contribution in [2.75, 3.05) is 0 Å². The number of nitrogens with two attached hydrogens (primary N) is 1. The van der Waals surface area contributed by atoms with Gasteiger partial charge in [0.25, 0.3) is 0 Å². The van der Waals surface area contributed by atoms with Crippen LogP contribution in [0, 0.1) is 12.7 Å². The fourth-order valence-electron chi connectivity index (χ4n) is 1.85. The molecule has 0 heterocycles. The van der Waals surface area contributed by atoms with Crippen molar-refractivity contribution in [3.8, 4) is 0 Å². The Kier molecular flexibility index (Phi) is 5.08. The highest BCUT2D eigenvalue weighted by atomic mass is 19.1. The van der Waals surface area contributed by atoms with Gasteiger partial charge in [-0.25, -0.2) is 9.38 Å². The largest absolute Gasteiger partial charge is 0.387 e. The number of aryl methyl sites for hydroxylation is 1. The standard InChI is InChI=1S/C13H15FN2.C2H6/c1-8-3-4-10(12(14)7-8)11-5-6-13(11)16-9(2)15;1-2/h3-4,7H,5-6H2,1-2H3,(H2,15,16);1-2H3. The number of hydrogen-bond donors (Lipinski definition) is 1. The molecule has 0 amide bonds. The maximum Gasteiger partial charge on any atom is 0.131 e. The number of amidine groups is 1. The third kappa shape index (κ3) is 3.19. The number of hydrogen-bond acceptors (Lipinski definition) is 1. The highest BCUT2D eigenvalue weighted by Crippen LogP contribution is 2.38. The first-order valence-electron chi connectivity index (χ1n) is 6.37.